The predicted octanol–water partition coefficient (Wildman–Crippen LogP) is 5.68. The molecule has 0 radical (unpaired) electrons. The molecule has 0 aromatic rings. The van der Waals surface area contributed by atoms with Crippen molar-refractivity contribution in [1.29, 1.82) is 0 Å². The van der Waals surface area contributed by atoms with Crippen molar-refractivity contribution in [3.63, 3.8) is 0 Å². The number of nitrogens with one attached hydrogen (secondary N) is 2. The van der Waals surface area contributed by atoms with Crippen molar-refractivity contribution in [2.75, 3.05) is 13.6 Å². The van der Waals surface area contributed by atoms with E-state index in [0.29, 0.717) is 43.1 Å². The first-order valence-electron chi connectivity index (χ1n) is 14.7. The summed E-state index contributed by atoms with van der Waals surface area (Å²) in [6, 6.07) is -0.158. The van der Waals surface area contributed by atoms with Gasteiger partial charge in [0.05, 0.1) is 6.10 Å². The summed E-state index contributed by atoms with van der Waals surface area (Å²) < 4.78 is 43.5. The first-order chi connectivity index (χ1) is 17.8. The Bertz CT molecular complexity index is 884. The Labute approximate surface area is 225 Å². The minimum absolute atomic E-state index is 0.00998. The fraction of sp³-hybridized carbons (Fsp3) is 0.931. The number of aliphatic hydroxyl groups excluding tert-OH is 1. The smallest absolute Gasteiger partial charge is 0.456 e. The van der Waals surface area contributed by atoms with Crippen molar-refractivity contribution < 1.29 is 32.6 Å². The van der Waals surface area contributed by atoms with Crippen molar-refractivity contribution in [1.82, 2.24) is 10.6 Å². The van der Waals surface area contributed by atoms with E-state index < -0.39 is 24.4 Å². The summed E-state index contributed by atoms with van der Waals surface area (Å²) in [6.07, 6.45) is 1.38. The summed E-state index contributed by atoms with van der Waals surface area (Å²) in [5.74, 6) is -0.133. The highest BCUT2D eigenvalue weighted by atomic mass is 19.4. The first-order valence-corrected chi connectivity index (χ1v) is 14.7. The monoisotopic (exact) mass is 544 g/mol. The second-order valence-electron chi connectivity index (χ2n) is 13.3. The summed E-state index contributed by atoms with van der Waals surface area (Å²) in [5, 5.41) is 17.4. The Morgan fingerprint density at radius 1 is 1.05 bits per heavy atom. The molecule has 0 aromatic carbocycles. The fourth-order valence-corrected chi connectivity index (χ4v) is 9.95. The van der Waals surface area contributed by atoms with E-state index in [2.05, 4.69) is 38.3 Å². The molecule has 4 unspecified atom stereocenters. The average Bonchev–Trinajstić information content (AvgIpc) is 3.21. The van der Waals surface area contributed by atoms with Crippen LogP contribution in [0.1, 0.15) is 85.5 Å². The van der Waals surface area contributed by atoms with Gasteiger partial charge in [0.15, 0.2) is 0 Å². The van der Waals surface area contributed by atoms with Gasteiger partial charge in [0, 0.05) is 13.6 Å². The molecule has 0 saturated heterocycles. The molecule has 0 bridgehead atoms. The van der Waals surface area contributed by atoms with Gasteiger partial charge in [-0.1, -0.05) is 34.1 Å². The van der Waals surface area contributed by atoms with Gasteiger partial charge in [0.2, 0.25) is 0 Å². The van der Waals surface area contributed by atoms with Gasteiger partial charge in [-0.25, -0.2) is 9.59 Å². The first kappa shape index (κ1) is 29.5. The molecule has 6 nitrogen and oxygen atoms in total. The van der Waals surface area contributed by atoms with Gasteiger partial charge in [-0.3, -0.25) is 0 Å². The molecule has 0 aromatic heterocycles. The number of alkyl halides is 3. The standard InChI is InChI=1S/C29H47F3N2O4/c1-6-18-22-15-17(38-25(36)29(30,31)32)9-12-28(22,4)21-10-13-27(3)19(7-8-20(27)23(21)24(18)35)16(2)11-14-34-26(37)33-5/h16-24,35H,6-15H2,1-5H3,(H2,33,34,37)/t16-,17-,18-,19-,20+,21+,22?,23?,24-,27?,28?/m1/s1. The zero-order chi connectivity index (χ0) is 28.0. The van der Waals surface area contributed by atoms with Gasteiger partial charge in [0.25, 0.3) is 0 Å². The van der Waals surface area contributed by atoms with E-state index in [9.17, 15) is 27.9 Å². The highest BCUT2D eigenvalue weighted by molar-refractivity contribution is 5.75. The number of fused-ring (bicyclic) bond motifs is 5. The molecular formula is C29H47F3N2O4. The minimum Gasteiger partial charge on any atom is -0.456 e. The van der Waals surface area contributed by atoms with Crippen LogP contribution in [0, 0.1) is 52.3 Å². The number of ether oxygens (including phenoxy) is 1. The molecule has 4 fully saturated rings. The molecular weight excluding hydrogens is 497 g/mol. The number of rotatable bonds is 6. The van der Waals surface area contributed by atoms with E-state index in [-0.39, 0.29) is 34.6 Å². The van der Waals surface area contributed by atoms with E-state index in [0.717, 1.165) is 44.9 Å². The topological polar surface area (TPSA) is 87.7 Å². The molecule has 4 aliphatic rings. The summed E-state index contributed by atoms with van der Waals surface area (Å²) in [5.41, 5.74) is 0.0592. The second kappa shape index (κ2) is 10.8. The van der Waals surface area contributed by atoms with Crippen molar-refractivity contribution in [2.45, 2.75) is 104 Å². The van der Waals surface area contributed by atoms with Gasteiger partial charge in [-0.05, 0) is 104 Å². The number of carbonyl (C=O) groups excluding carboxylic acids is 2. The molecule has 11 atom stereocenters. The number of hydrogen-bond donors (Lipinski definition) is 3. The van der Waals surface area contributed by atoms with Crippen LogP contribution in [0.2, 0.25) is 0 Å². The molecule has 0 aliphatic heterocycles. The number of carbonyl (C=O) groups is 2. The Morgan fingerprint density at radius 2 is 1.71 bits per heavy atom. The normalized spacial score (nSPS) is 43.3. The summed E-state index contributed by atoms with van der Waals surface area (Å²) in [6.45, 7) is 9.73. The van der Waals surface area contributed by atoms with Crippen LogP contribution in [0.4, 0.5) is 18.0 Å². The maximum Gasteiger partial charge on any atom is 0.490 e. The SMILES string of the molecule is CC[C@@H]1C2C[C@H](OC(=O)C(F)(F)F)CCC2(C)[C@H]2CCC3(C)[C@@H]([C@H](C)CCNC(=O)NC)CC[C@H]3C2[C@@H]1O. The molecule has 0 spiro atoms. The van der Waals surface area contributed by atoms with Crippen LogP contribution in [0.15, 0.2) is 0 Å². The number of urea groups is 1. The second-order valence-corrected chi connectivity index (χ2v) is 13.3. The molecule has 3 N–H and O–H groups in total. The quantitative estimate of drug-likeness (QED) is 0.376. The molecule has 9 heteroatoms. The zero-order valence-corrected chi connectivity index (χ0v) is 23.6. The third-order valence-electron chi connectivity index (χ3n) is 11.7. The average molecular weight is 545 g/mol. The van der Waals surface area contributed by atoms with Crippen molar-refractivity contribution >= 4 is 12.0 Å². The molecule has 4 rings (SSSR count). The van der Waals surface area contributed by atoms with Gasteiger partial charge in [-0.2, -0.15) is 13.2 Å². The summed E-state index contributed by atoms with van der Waals surface area (Å²) in [4.78, 5) is 23.2. The van der Waals surface area contributed by atoms with Crippen LogP contribution < -0.4 is 10.6 Å². The lowest BCUT2D eigenvalue weighted by Gasteiger charge is -2.64. The lowest BCUT2D eigenvalue weighted by atomic mass is 9.41. The third kappa shape index (κ3) is 5.05. The van der Waals surface area contributed by atoms with Gasteiger partial charge < -0.3 is 20.5 Å². The van der Waals surface area contributed by atoms with Crippen LogP contribution in [-0.4, -0.2) is 49.1 Å². The number of esters is 1. The van der Waals surface area contributed by atoms with Gasteiger partial charge >= 0.3 is 18.2 Å². The van der Waals surface area contributed by atoms with E-state index in [1.54, 1.807) is 7.05 Å². The largest absolute Gasteiger partial charge is 0.490 e. The van der Waals surface area contributed by atoms with Crippen molar-refractivity contribution in [3.8, 4) is 0 Å². The van der Waals surface area contributed by atoms with Crippen LogP contribution in [0.3, 0.4) is 0 Å². The van der Waals surface area contributed by atoms with Crippen LogP contribution in [-0.2, 0) is 9.53 Å². The third-order valence-corrected chi connectivity index (χ3v) is 11.7. The lowest BCUT2D eigenvalue weighted by molar-refractivity contribution is -0.222. The number of hydrogen-bond acceptors (Lipinski definition) is 4. The molecule has 4 aliphatic carbocycles. The van der Waals surface area contributed by atoms with Crippen molar-refractivity contribution in [2.24, 2.45) is 52.3 Å². The van der Waals surface area contributed by atoms with Gasteiger partial charge in [0.1, 0.15) is 6.10 Å². The van der Waals surface area contributed by atoms with E-state index in [1.807, 2.05) is 0 Å². The molecule has 0 heterocycles. The lowest BCUT2D eigenvalue weighted by Crippen LogP contribution is -2.62. The Hall–Kier alpha value is -1.51. The molecule has 218 valence electrons. The molecule has 38 heavy (non-hydrogen) atoms. The fourth-order valence-electron chi connectivity index (χ4n) is 9.95. The zero-order valence-electron chi connectivity index (χ0n) is 23.6. The van der Waals surface area contributed by atoms with E-state index >= 15 is 0 Å². The van der Waals surface area contributed by atoms with Crippen LogP contribution in [0.5, 0.6) is 0 Å². The van der Waals surface area contributed by atoms with Crippen molar-refractivity contribution in [3.05, 3.63) is 0 Å². The van der Waals surface area contributed by atoms with Crippen LogP contribution >= 0.6 is 0 Å². The molecule has 4 saturated carbocycles. The number of amides is 2. The van der Waals surface area contributed by atoms with Crippen LogP contribution in [0.25, 0.3) is 0 Å². The van der Waals surface area contributed by atoms with Gasteiger partial charge in [-0.15, -0.1) is 0 Å². The number of aliphatic hydroxyl groups is 1. The minimum atomic E-state index is -4.98. The maximum atomic E-state index is 12.9. The Balaban J connectivity index is 1.51. The Kier molecular flexibility index (Phi) is 8.38. The van der Waals surface area contributed by atoms with E-state index in [1.165, 1.54) is 0 Å². The molecule has 2 amide bonds. The predicted molar refractivity (Wildman–Crippen MR) is 138 cm³/mol. The Morgan fingerprint density at radius 3 is 2.34 bits per heavy atom. The maximum absolute atomic E-state index is 12.9. The summed E-state index contributed by atoms with van der Waals surface area (Å²) >= 11 is 0. The number of halogens is 3. The van der Waals surface area contributed by atoms with E-state index in [4.69, 9.17) is 4.74 Å². The highest BCUT2D eigenvalue weighted by Gasteiger charge is 2.65. The highest BCUT2D eigenvalue weighted by Crippen LogP contribution is 2.69. The summed E-state index contributed by atoms with van der Waals surface area (Å²) in [7, 11) is 1.62.